The van der Waals surface area contributed by atoms with Gasteiger partial charge in [-0.3, -0.25) is 4.79 Å². The molecule has 1 heterocycles. The van der Waals surface area contributed by atoms with Crippen LogP contribution in [0.2, 0.25) is 0 Å². The minimum Gasteiger partial charge on any atom is -0.497 e. The van der Waals surface area contributed by atoms with Crippen molar-refractivity contribution < 1.29 is 14.3 Å². The van der Waals surface area contributed by atoms with E-state index in [0.717, 1.165) is 35.7 Å². The standard InChI is InChI=1S/C19H25N3O3/c1-14-12-21-17(13-24-2)22(14)11-10-20-18(23)19(8-9-19)15-4-6-16(25-3)7-5-15/h4-7,12H,8-11,13H2,1-3H3,(H,20,23). The van der Waals surface area contributed by atoms with Gasteiger partial charge in [-0.05, 0) is 37.5 Å². The zero-order valence-corrected chi connectivity index (χ0v) is 15.0. The fourth-order valence-corrected chi connectivity index (χ4v) is 3.19. The van der Waals surface area contributed by atoms with Crippen molar-refractivity contribution in [1.29, 1.82) is 0 Å². The first kappa shape index (κ1) is 17.5. The molecule has 0 spiro atoms. The number of ether oxygens (including phenoxy) is 2. The Bertz CT molecular complexity index is 733. The SMILES string of the molecule is COCc1ncc(C)n1CCNC(=O)C1(c2ccc(OC)cc2)CC1. The van der Waals surface area contributed by atoms with Crippen molar-refractivity contribution in [3.8, 4) is 5.75 Å². The van der Waals surface area contributed by atoms with E-state index in [1.54, 1.807) is 14.2 Å². The highest BCUT2D eigenvalue weighted by atomic mass is 16.5. The van der Waals surface area contributed by atoms with Gasteiger partial charge in [0.2, 0.25) is 5.91 Å². The summed E-state index contributed by atoms with van der Waals surface area (Å²) in [5.41, 5.74) is 1.76. The number of aryl methyl sites for hydroxylation is 1. The quantitative estimate of drug-likeness (QED) is 0.798. The van der Waals surface area contributed by atoms with E-state index in [9.17, 15) is 4.79 Å². The van der Waals surface area contributed by atoms with Gasteiger partial charge in [0.1, 0.15) is 18.2 Å². The topological polar surface area (TPSA) is 65.4 Å². The number of hydrogen-bond donors (Lipinski definition) is 1. The Kier molecular flexibility index (Phi) is 5.08. The van der Waals surface area contributed by atoms with Crippen LogP contribution in [0.4, 0.5) is 0 Å². The zero-order chi connectivity index (χ0) is 17.9. The van der Waals surface area contributed by atoms with Crippen LogP contribution in [0.1, 0.15) is 29.9 Å². The minimum atomic E-state index is -0.369. The third kappa shape index (κ3) is 3.54. The number of nitrogens with zero attached hydrogens (tertiary/aromatic N) is 2. The van der Waals surface area contributed by atoms with Crippen molar-refractivity contribution in [2.45, 2.75) is 38.3 Å². The van der Waals surface area contributed by atoms with Crippen LogP contribution in [0, 0.1) is 6.92 Å². The first-order valence-corrected chi connectivity index (χ1v) is 8.53. The van der Waals surface area contributed by atoms with Gasteiger partial charge >= 0.3 is 0 Å². The Labute approximate surface area is 148 Å². The Morgan fingerprint density at radius 2 is 2.00 bits per heavy atom. The smallest absolute Gasteiger partial charge is 0.230 e. The largest absolute Gasteiger partial charge is 0.497 e. The van der Waals surface area contributed by atoms with Gasteiger partial charge < -0.3 is 19.4 Å². The summed E-state index contributed by atoms with van der Waals surface area (Å²) in [5, 5.41) is 3.09. The van der Waals surface area contributed by atoms with Crippen LogP contribution in [0.15, 0.2) is 30.5 Å². The molecule has 6 nitrogen and oxygen atoms in total. The van der Waals surface area contributed by atoms with Crippen LogP contribution in [0.5, 0.6) is 5.75 Å². The van der Waals surface area contributed by atoms with E-state index < -0.39 is 0 Å². The second-order valence-corrected chi connectivity index (χ2v) is 6.47. The molecule has 1 aromatic carbocycles. The number of imidazole rings is 1. The summed E-state index contributed by atoms with van der Waals surface area (Å²) in [6.45, 7) is 3.74. The van der Waals surface area contributed by atoms with Gasteiger partial charge in [-0.2, -0.15) is 0 Å². The molecule has 1 aromatic heterocycles. The van der Waals surface area contributed by atoms with Gasteiger partial charge in [0.05, 0.1) is 12.5 Å². The monoisotopic (exact) mass is 343 g/mol. The lowest BCUT2D eigenvalue weighted by molar-refractivity contribution is -0.123. The predicted octanol–water partition coefficient (Wildman–Crippen LogP) is 2.19. The molecule has 1 amide bonds. The van der Waals surface area contributed by atoms with Crippen LogP contribution in [0.25, 0.3) is 0 Å². The summed E-state index contributed by atoms with van der Waals surface area (Å²) in [6, 6.07) is 7.80. The summed E-state index contributed by atoms with van der Waals surface area (Å²) >= 11 is 0. The predicted molar refractivity (Wildman–Crippen MR) is 94.6 cm³/mol. The van der Waals surface area contributed by atoms with E-state index in [-0.39, 0.29) is 11.3 Å². The summed E-state index contributed by atoms with van der Waals surface area (Å²) in [4.78, 5) is 17.1. The number of benzene rings is 1. The average Bonchev–Trinajstić information content (AvgIpc) is 3.38. The number of methoxy groups -OCH3 is 2. The fraction of sp³-hybridized carbons (Fsp3) is 0.474. The second-order valence-electron chi connectivity index (χ2n) is 6.47. The maximum absolute atomic E-state index is 12.7. The number of hydrogen-bond acceptors (Lipinski definition) is 4. The van der Waals surface area contributed by atoms with Crippen LogP contribution < -0.4 is 10.1 Å². The van der Waals surface area contributed by atoms with Crippen LogP contribution in [0.3, 0.4) is 0 Å². The number of nitrogens with one attached hydrogen (secondary N) is 1. The van der Waals surface area contributed by atoms with E-state index in [0.29, 0.717) is 19.7 Å². The highest BCUT2D eigenvalue weighted by molar-refractivity contribution is 5.91. The molecule has 134 valence electrons. The summed E-state index contributed by atoms with van der Waals surface area (Å²) in [5.74, 6) is 1.79. The van der Waals surface area contributed by atoms with Gasteiger partial charge in [-0.1, -0.05) is 12.1 Å². The van der Waals surface area contributed by atoms with Crippen molar-refractivity contribution in [3.05, 3.63) is 47.5 Å². The number of carbonyl (C=O) groups is 1. The Balaban J connectivity index is 1.60. The zero-order valence-electron chi connectivity index (χ0n) is 15.0. The molecule has 1 aliphatic carbocycles. The van der Waals surface area contributed by atoms with Crippen LogP contribution >= 0.6 is 0 Å². The fourth-order valence-electron chi connectivity index (χ4n) is 3.19. The van der Waals surface area contributed by atoms with E-state index in [4.69, 9.17) is 9.47 Å². The molecule has 1 aliphatic rings. The molecule has 0 bridgehead atoms. The van der Waals surface area contributed by atoms with Gasteiger partial charge in [0, 0.05) is 32.1 Å². The molecule has 3 rings (SSSR count). The lowest BCUT2D eigenvalue weighted by Gasteiger charge is -2.17. The van der Waals surface area contributed by atoms with Crippen molar-refractivity contribution in [2.75, 3.05) is 20.8 Å². The summed E-state index contributed by atoms with van der Waals surface area (Å²) in [6.07, 6.45) is 3.62. The molecule has 1 fully saturated rings. The lowest BCUT2D eigenvalue weighted by Crippen LogP contribution is -2.36. The highest BCUT2D eigenvalue weighted by Crippen LogP contribution is 2.48. The molecule has 25 heavy (non-hydrogen) atoms. The van der Waals surface area contributed by atoms with Gasteiger partial charge in [0.25, 0.3) is 0 Å². The number of aromatic nitrogens is 2. The van der Waals surface area contributed by atoms with Gasteiger partial charge in [0.15, 0.2) is 0 Å². The van der Waals surface area contributed by atoms with Crippen molar-refractivity contribution in [1.82, 2.24) is 14.9 Å². The lowest BCUT2D eigenvalue weighted by atomic mass is 9.95. The molecule has 0 unspecified atom stereocenters. The first-order chi connectivity index (χ1) is 12.1. The molecule has 1 saturated carbocycles. The Morgan fingerprint density at radius 3 is 2.60 bits per heavy atom. The third-order valence-electron chi connectivity index (χ3n) is 4.86. The molecule has 0 radical (unpaired) electrons. The maximum Gasteiger partial charge on any atom is 0.230 e. The molecule has 2 aromatic rings. The molecule has 0 atom stereocenters. The first-order valence-electron chi connectivity index (χ1n) is 8.53. The third-order valence-corrected chi connectivity index (χ3v) is 4.86. The normalized spacial score (nSPS) is 15.0. The number of amides is 1. The van der Waals surface area contributed by atoms with E-state index in [1.807, 2.05) is 37.4 Å². The Morgan fingerprint density at radius 1 is 1.28 bits per heavy atom. The minimum absolute atomic E-state index is 0.101. The van der Waals surface area contributed by atoms with E-state index in [1.165, 1.54) is 0 Å². The molecule has 0 saturated heterocycles. The van der Waals surface area contributed by atoms with Crippen molar-refractivity contribution >= 4 is 5.91 Å². The molecular formula is C19H25N3O3. The second kappa shape index (κ2) is 7.27. The van der Waals surface area contributed by atoms with E-state index in [2.05, 4.69) is 14.9 Å². The highest BCUT2D eigenvalue weighted by Gasteiger charge is 2.51. The van der Waals surface area contributed by atoms with Gasteiger partial charge in [-0.15, -0.1) is 0 Å². The molecule has 1 N–H and O–H groups in total. The van der Waals surface area contributed by atoms with Crippen molar-refractivity contribution in [3.63, 3.8) is 0 Å². The Hall–Kier alpha value is -2.34. The summed E-state index contributed by atoms with van der Waals surface area (Å²) < 4.78 is 12.4. The molecule has 6 heteroatoms. The average molecular weight is 343 g/mol. The summed E-state index contributed by atoms with van der Waals surface area (Å²) in [7, 11) is 3.30. The maximum atomic E-state index is 12.7. The van der Waals surface area contributed by atoms with E-state index >= 15 is 0 Å². The molecule has 0 aliphatic heterocycles. The van der Waals surface area contributed by atoms with Crippen LogP contribution in [-0.4, -0.2) is 36.2 Å². The van der Waals surface area contributed by atoms with Crippen LogP contribution in [-0.2, 0) is 28.1 Å². The van der Waals surface area contributed by atoms with Gasteiger partial charge in [-0.25, -0.2) is 4.98 Å². The number of carbonyl (C=O) groups excluding carboxylic acids is 1. The van der Waals surface area contributed by atoms with Crippen molar-refractivity contribution in [2.24, 2.45) is 0 Å². The molecular weight excluding hydrogens is 318 g/mol. The number of rotatable bonds is 8.